The van der Waals surface area contributed by atoms with Crippen molar-refractivity contribution in [3.8, 4) is 11.5 Å². The molecule has 16 heteroatoms. The number of rotatable bonds is 12. The molecular formula is C46H46ClN9O4S2. The summed E-state index contributed by atoms with van der Waals surface area (Å²) in [4.78, 5) is 9.10. The van der Waals surface area contributed by atoms with Gasteiger partial charge in [-0.05, 0) is 66.0 Å². The van der Waals surface area contributed by atoms with Gasteiger partial charge in [0, 0.05) is 39.9 Å². The first-order valence-electron chi connectivity index (χ1n) is 19.9. The fraction of sp³-hybridized carbons (Fsp3) is 0.217. The van der Waals surface area contributed by atoms with E-state index in [0.717, 1.165) is 27.3 Å². The van der Waals surface area contributed by atoms with Crippen LogP contribution in [0, 0.1) is 6.92 Å². The number of aromatic nitrogens is 6. The summed E-state index contributed by atoms with van der Waals surface area (Å²) in [6.07, 6.45) is 4.17. The second-order valence-electron chi connectivity index (χ2n) is 17.0. The van der Waals surface area contributed by atoms with Crippen LogP contribution >= 0.6 is 11.6 Å². The molecule has 62 heavy (non-hydrogen) atoms. The van der Waals surface area contributed by atoms with Crippen molar-refractivity contribution in [3.05, 3.63) is 149 Å². The van der Waals surface area contributed by atoms with Crippen LogP contribution < -0.4 is 15.2 Å². The summed E-state index contributed by atoms with van der Waals surface area (Å²) in [7, 11) is -8.07. The first kappa shape index (κ1) is 42.4. The van der Waals surface area contributed by atoms with Crippen molar-refractivity contribution >= 4 is 70.6 Å². The molecule has 4 aromatic heterocycles. The van der Waals surface area contributed by atoms with E-state index in [1.54, 1.807) is 66.3 Å². The zero-order valence-electron chi connectivity index (χ0n) is 35.0. The lowest BCUT2D eigenvalue weighted by Crippen LogP contribution is -2.19. The third-order valence-electron chi connectivity index (χ3n) is 11.0. The molecule has 4 aromatic carbocycles. The molecule has 0 saturated heterocycles. The van der Waals surface area contributed by atoms with E-state index in [2.05, 4.69) is 59.1 Å². The van der Waals surface area contributed by atoms with E-state index in [4.69, 9.17) is 22.4 Å². The summed E-state index contributed by atoms with van der Waals surface area (Å²) in [6, 6.07) is 32.0. The topological polar surface area (TPSA) is 180 Å². The molecule has 0 aliphatic heterocycles. The van der Waals surface area contributed by atoms with Crippen LogP contribution in [0.3, 0.4) is 0 Å². The molecule has 0 fully saturated rings. The molecule has 13 nitrogen and oxygen atoms in total. The quantitative estimate of drug-likeness (QED) is 0.108. The van der Waals surface area contributed by atoms with E-state index in [-0.39, 0.29) is 26.8 Å². The Morgan fingerprint density at radius 3 is 1.81 bits per heavy atom. The number of nitrogens with zero attached hydrogens (tertiary/aromatic N) is 6. The molecule has 8 rings (SSSR count). The van der Waals surface area contributed by atoms with Gasteiger partial charge in [-0.15, -0.1) is 0 Å². The minimum atomic E-state index is -4.05. The third kappa shape index (κ3) is 8.35. The Morgan fingerprint density at radius 2 is 1.19 bits per heavy atom. The molecular weight excluding hydrogens is 842 g/mol. The smallest absolute Gasteiger partial charge is 0.263 e. The van der Waals surface area contributed by atoms with Crippen molar-refractivity contribution in [3.63, 3.8) is 0 Å². The molecule has 0 aliphatic carbocycles. The molecule has 8 aromatic rings. The van der Waals surface area contributed by atoms with Crippen molar-refractivity contribution in [1.29, 1.82) is 0 Å². The summed E-state index contributed by atoms with van der Waals surface area (Å²) in [5.41, 5.74) is 9.36. The van der Waals surface area contributed by atoms with Gasteiger partial charge in [-0.1, -0.05) is 119 Å². The van der Waals surface area contributed by atoms with Crippen LogP contribution in [-0.2, 0) is 37.3 Å². The number of nitrogens with two attached hydrogens (primary N) is 1. The van der Waals surface area contributed by atoms with E-state index in [1.165, 1.54) is 10.9 Å². The molecule has 0 unspecified atom stereocenters. The predicted octanol–water partition coefficient (Wildman–Crippen LogP) is 9.51. The van der Waals surface area contributed by atoms with Gasteiger partial charge in [0.25, 0.3) is 20.0 Å². The second kappa shape index (κ2) is 15.9. The van der Waals surface area contributed by atoms with Crippen LogP contribution in [0.15, 0.2) is 131 Å². The molecule has 0 spiro atoms. The lowest BCUT2D eigenvalue weighted by Gasteiger charge is -2.25. The molecule has 0 amide bonds. The summed E-state index contributed by atoms with van der Waals surface area (Å²) >= 11 is 6.41. The zero-order chi connectivity index (χ0) is 44.2. The fourth-order valence-corrected chi connectivity index (χ4v) is 9.70. The van der Waals surface area contributed by atoms with Gasteiger partial charge < -0.3 is 5.73 Å². The van der Waals surface area contributed by atoms with E-state index in [9.17, 15) is 16.8 Å². The average Bonchev–Trinajstić information content (AvgIpc) is 3.81. The third-order valence-corrected chi connectivity index (χ3v) is 14.1. The standard InChI is InChI=1S/C46H46ClN9O4S2/c1-29-25-41(56(51-29)44-38-14-10-7-11-35(38)39(47)27-50-44)53-61(57,58)34-21-17-31(18-22-34)46(5,6)24-23-32-26-42(54-62(59,60)33-19-15-30(16-20-33)45(2,3)4)55(52-32)40-28-49-43(48)37-13-9-8-12-36(37)40/h7-22,25-28,53-54H,23-24H2,1-6H3,(H2,48,49). The molecule has 4 N–H and O–H groups in total. The van der Waals surface area contributed by atoms with Gasteiger partial charge in [-0.3, -0.25) is 9.44 Å². The molecule has 4 heterocycles. The number of pyridine rings is 2. The largest absolute Gasteiger partial charge is 0.383 e. The Balaban J connectivity index is 1.05. The van der Waals surface area contributed by atoms with E-state index >= 15 is 0 Å². The first-order chi connectivity index (χ1) is 29.3. The zero-order valence-corrected chi connectivity index (χ0v) is 37.4. The number of hydrogen-bond donors (Lipinski definition) is 3. The van der Waals surface area contributed by atoms with Crippen molar-refractivity contribution in [1.82, 2.24) is 29.5 Å². The molecule has 318 valence electrons. The summed E-state index contributed by atoms with van der Waals surface area (Å²) in [5.74, 6) is 1.26. The maximum atomic E-state index is 13.9. The van der Waals surface area contributed by atoms with Gasteiger partial charge in [0.1, 0.15) is 17.5 Å². The number of benzene rings is 4. The van der Waals surface area contributed by atoms with Crippen molar-refractivity contribution in [2.24, 2.45) is 0 Å². The highest BCUT2D eigenvalue weighted by Gasteiger charge is 2.26. The Morgan fingerprint density at radius 1 is 0.645 bits per heavy atom. The normalized spacial score (nSPS) is 12.6. The van der Waals surface area contributed by atoms with E-state index < -0.39 is 25.5 Å². The minimum Gasteiger partial charge on any atom is -0.383 e. The van der Waals surface area contributed by atoms with Gasteiger partial charge in [-0.2, -0.15) is 14.9 Å². The minimum absolute atomic E-state index is 0.0735. The van der Waals surface area contributed by atoms with Crippen molar-refractivity contribution < 1.29 is 16.8 Å². The number of nitrogen functional groups attached to an aromatic ring is 1. The van der Waals surface area contributed by atoms with Crippen LogP contribution in [0.1, 0.15) is 63.6 Å². The van der Waals surface area contributed by atoms with Gasteiger partial charge in [0.05, 0.1) is 38.1 Å². The van der Waals surface area contributed by atoms with E-state index in [0.29, 0.717) is 52.0 Å². The van der Waals surface area contributed by atoms with Gasteiger partial charge in [-0.25, -0.2) is 31.5 Å². The second-order valence-corrected chi connectivity index (χ2v) is 20.7. The van der Waals surface area contributed by atoms with Gasteiger partial charge >= 0.3 is 0 Å². The average molecular weight is 889 g/mol. The number of nitrogens with one attached hydrogen (secondary N) is 2. The number of hydrogen-bond acceptors (Lipinski definition) is 9. The van der Waals surface area contributed by atoms with E-state index in [1.807, 2.05) is 60.7 Å². The monoisotopic (exact) mass is 887 g/mol. The van der Waals surface area contributed by atoms with Crippen LogP contribution in [0.5, 0.6) is 0 Å². The van der Waals surface area contributed by atoms with Crippen LogP contribution in [0.2, 0.25) is 5.02 Å². The SMILES string of the molecule is Cc1cc(NS(=O)(=O)c2ccc(C(C)(C)CCc3cc(NS(=O)(=O)c4ccc(C(C)(C)C)cc4)n(-c4cnc(N)c5ccccc45)n3)cc2)n(-c2ncc(Cl)c3ccccc23)n1. The highest BCUT2D eigenvalue weighted by atomic mass is 35.5. The molecule has 0 saturated carbocycles. The first-order valence-corrected chi connectivity index (χ1v) is 23.2. The Bertz CT molecular complexity index is 3210. The number of sulfonamides is 2. The molecule has 0 bridgehead atoms. The number of halogens is 1. The Labute approximate surface area is 366 Å². The maximum Gasteiger partial charge on any atom is 0.263 e. The lowest BCUT2D eigenvalue weighted by atomic mass is 9.80. The van der Waals surface area contributed by atoms with Gasteiger partial charge in [0.2, 0.25) is 0 Å². The Hall–Kier alpha value is -6.29. The highest BCUT2D eigenvalue weighted by molar-refractivity contribution is 7.93. The van der Waals surface area contributed by atoms with Crippen LogP contribution in [0.4, 0.5) is 17.5 Å². The number of fused-ring (bicyclic) bond motifs is 2. The Kier molecular flexibility index (Phi) is 10.9. The number of anilines is 3. The summed E-state index contributed by atoms with van der Waals surface area (Å²) in [5, 5.41) is 12.9. The molecule has 0 atom stereocenters. The maximum absolute atomic E-state index is 13.9. The molecule has 0 aliphatic rings. The van der Waals surface area contributed by atoms with Crippen LogP contribution in [-0.4, -0.2) is 46.4 Å². The molecule has 0 radical (unpaired) electrons. The van der Waals surface area contributed by atoms with Gasteiger partial charge in [0.15, 0.2) is 5.82 Å². The van der Waals surface area contributed by atoms with Crippen molar-refractivity contribution in [2.45, 2.75) is 75.0 Å². The van der Waals surface area contributed by atoms with Crippen LogP contribution in [0.25, 0.3) is 33.1 Å². The van der Waals surface area contributed by atoms with Crippen molar-refractivity contribution in [2.75, 3.05) is 15.2 Å². The lowest BCUT2D eigenvalue weighted by molar-refractivity contribution is 0.476. The predicted molar refractivity (Wildman–Crippen MR) is 246 cm³/mol. The fourth-order valence-electron chi connectivity index (χ4n) is 7.42. The highest BCUT2D eigenvalue weighted by Crippen LogP contribution is 2.34. The summed E-state index contributed by atoms with van der Waals surface area (Å²) in [6.45, 7) is 12.1. The number of aryl methyl sites for hydroxylation is 2. The summed E-state index contributed by atoms with van der Waals surface area (Å²) < 4.78 is 63.9.